The quantitative estimate of drug-likeness (QED) is 0.351. The molecule has 0 unspecified atom stereocenters. The molecule has 144 valence electrons. The van der Waals surface area contributed by atoms with Gasteiger partial charge < -0.3 is 4.90 Å². The highest BCUT2D eigenvalue weighted by atomic mass is 16.6. The topological polar surface area (TPSA) is 83.1 Å². The van der Waals surface area contributed by atoms with Gasteiger partial charge in [-0.3, -0.25) is 10.1 Å². The molecule has 1 saturated heterocycles. The number of nitro benzene ring substituents is 1. The molecular weight excluding hydrogens is 364 g/mol. The number of nitrogens with zero attached hydrogens (tertiary/aromatic N) is 4. The highest BCUT2D eigenvalue weighted by Gasteiger charge is 2.17. The summed E-state index contributed by atoms with van der Waals surface area (Å²) in [5, 5.41) is 21.7. The Kier molecular flexibility index (Phi) is 5.21. The van der Waals surface area contributed by atoms with Crippen LogP contribution in [-0.2, 0) is 0 Å². The van der Waals surface area contributed by atoms with Gasteiger partial charge in [0.15, 0.2) is 0 Å². The number of anilines is 1. The van der Waals surface area contributed by atoms with Gasteiger partial charge in [-0.05, 0) is 55.2 Å². The van der Waals surface area contributed by atoms with Crippen molar-refractivity contribution in [2.75, 3.05) is 18.0 Å². The fourth-order valence-electron chi connectivity index (χ4n) is 3.69. The molecule has 0 atom stereocenters. The summed E-state index contributed by atoms with van der Waals surface area (Å²) in [5.41, 5.74) is 2.93. The largest absolute Gasteiger partial charge is 0.356 e. The van der Waals surface area contributed by atoms with Crippen LogP contribution in [-0.4, -0.2) is 23.0 Å². The summed E-state index contributed by atoms with van der Waals surface area (Å²) >= 11 is 0. The molecule has 1 aromatic heterocycles. The van der Waals surface area contributed by atoms with Gasteiger partial charge in [-0.1, -0.05) is 18.2 Å². The predicted molar refractivity (Wildman–Crippen MR) is 114 cm³/mol. The third-order valence-electron chi connectivity index (χ3n) is 5.20. The number of non-ortho nitro benzene ring substituents is 1. The number of fused-ring (bicyclic) bond motifs is 1. The first-order valence-electron chi connectivity index (χ1n) is 9.67. The van der Waals surface area contributed by atoms with Gasteiger partial charge >= 0.3 is 0 Å². The Morgan fingerprint density at radius 2 is 1.83 bits per heavy atom. The fourth-order valence-corrected chi connectivity index (χ4v) is 3.69. The lowest BCUT2D eigenvalue weighted by molar-refractivity contribution is -0.384. The minimum absolute atomic E-state index is 0.00687. The van der Waals surface area contributed by atoms with Crippen molar-refractivity contribution < 1.29 is 4.92 Å². The lowest BCUT2D eigenvalue weighted by Crippen LogP contribution is -2.30. The van der Waals surface area contributed by atoms with E-state index in [-0.39, 0.29) is 5.69 Å². The van der Waals surface area contributed by atoms with Crippen LogP contribution in [0.5, 0.6) is 0 Å². The molecule has 6 nitrogen and oxygen atoms in total. The van der Waals surface area contributed by atoms with E-state index in [4.69, 9.17) is 4.98 Å². The molecule has 4 rings (SSSR count). The van der Waals surface area contributed by atoms with E-state index in [1.807, 2.05) is 30.3 Å². The van der Waals surface area contributed by atoms with Gasteiger partial charge in [0, 0.05) is 36.2 Å². The third kappa shape index (κ3) is 3.94. The third-order valence-corrected chi connectivity index (χ3v) is 5.20. The zero-order chi connectivity index (χ0) is 20.2. The van der Waals surface area contributed by atoms with Crippen molar-refractivity contribution in [1.82, 2.24) is 4.98 Å². The molecule has 2 aromatic carbocycles. The smallest absolute Gasteiger partial charge is 0.269 e. The van der Waals surface area contributed by atoms with E-state index in [0.29, 0.717) is 11.1 Å². The van der Waals surface area contributed by atoms with E-state index in [2.05, 4.69) is 17.0 Å². The van der Waals surface area contributed by atoms with Gasteiger partial charge in [-0.25, -0.2) is 4.98 Å². The summed E-state index contributed by atoms with van der Waals surface area (Å²) < 4.78 is 0. The minimum Gasteiger partial charge on any atom is -0.356 e. The minimum atomic E-state index is -0.443. The van der Waals surface area contributed by atoms with Crippen LogP contribution < -0.4 is 4.90 Å². The lowest BCUT2D eigenvalue weighted by atomic mass is 10.0. The molecule has 1 aliphatic heterocycles. The predicted octanol–water partition coefficient (Wildman–Crippen LogP) is 5.20. The van der Waals surface area contributed by atoms with Crippen molar-refractivity contribution in [2.45, 2.75) is 19.3 Å². The molecule has 2 heterocycles. The second kappa shape index (κ2) is 8.11. The zero-order valence-electron chi connectivity index (χ0n) is 15.9. The normalized spacial score (nSPS) is 14.6. The van der Waals surface area contributed by atoms with Crippen LogP contribution in [0.25, 0.3) is 22.6 Å². The van der Waals surface area contributed by atoms with Gasteiger partial charge in [-0.15, -0.1) is 0 Å². The molecule has 0 spiro atoms. The average molecular weight is 384 g/mol. The van der Waals surface area contributed by atoms with E-state index < -0.39 is 4.92 Å². The molecule has 0 aliphatic carbocycles. The summed E-state index contributed by atoms with van der Waals surface area (Å²) in [4.78, 5) is 17.6. The molecule has 0 radical (unpaired) electrons. The molecule has 1 aliphatic rings. The van der Waals surface area contributed by atoms with Gasteiger partial charge in [0.05, 0.1) is 22.1 Å². The number of para-hydroxylation sites is 1. The van der Waals surface area contributed by atoms with Gasteiger partial charge in [0.1, 0.15) is 5.82 Å². The van der Waals surface area contributed by atoms with Crippen LogP contribution in [0.3, 0.4) is 0 Å². The van der Waals surface area contributed by atoms with Crippen molar-refractivity contribution in [3.63, 3.8) is 0 Å². The van der Waals surface area contributed by atoms with E-state index in [1.54, 1.807) is 12.1 Å². The van der Waals surface area contributed by atoms with Crippen molar-refractivity contribution in [1.29, 1.82) is 5.26 Å². The molecule has 6 heteroatoms. The van der Waals surface area contributed by atoms with E-state index in [0.717, 1.165) is 48.2 Å². The Morgan fingerprint density at radius 1 is 1.10 bits per heavy atom. The average Bonchev–Trinajstić information content (AvgIpc) is 2.77. The Morgan fingerprint density at radius 3 is 2.52 bits per heavy atom. The van der Waals surface area contributed by atoms with E-state index in [9.17, 15) is 15.4 Å². The second-order valence-electron chi connectivity index (χ2n) is 7.12. The number of hydrogen-bond acceptors (Lipinski definition) is 5. The molecule has 0 bridgehead atoms. The zero-order valence-corrected chi connectivity index (χ0v) is 15.9. The highest BCUT2D eigenvalue weighted by Crippen LogP contribution is 2.30. The van der Waals surface area contributed by atoms with Crippen LogP contribution in [0, 0.1) is 21.4 Å². The highest BCUT2D eigenvalue weighted by molar-refractivity contribution is 5.94. The van der Waals surface area contributed by atoms with Gasteiger partial charge in [0.25, 0.3) is 5.69 Å². The number of nitriles is 1. The molecule has 0 N–H and O–H groups in total. The number of aromatic nitrogens is 1. The fraction of sp³-hybridized carbons (Fsp3) is 0.217. The summed E-state index contributed by atoms with van der Waals surface area (Å²) in [6.45, 7) is 1.90. The SMILES string of the molecule is N#CC(=Cc1cc2ccccc2nc1N1CCCCC1)c1ccc([N+](=O)[O-])cc1. The summed E-state index contributed by atoms with van der Waals surface area (Å²) in [6, 6.07) is 18.3. The number of allylic oxidation sites excluding steroid dienone is 1. The Balaban J connectivity index is 1.81. The first kappa shape index (κ1) is 18.6. The van der Waals surface area contributed by atoms with Gasteiger partial charge in [-0.2, -0.15) is 5.26 Å². The Labute approximate surface area is 168 Å². The number of nitro groups is 1. The Hall–Kier alpha value is -3.72. The number of piperidine rings is 1. The van der Waals surface area contributed by atoms with Crippen LogP contribution in [0.1, 0.15) is 30.4 Å². The van der Waals surface area contributed by atoms with Crippen molar-refractivity contribution in [2.24, 2.45) is 0 Å². The second-order valence-corrected chi connectivity index (χ2v) is 7.12. The summed E-state index contributed by atoms with van der Waals surface area (Å²) in [7, 11) is 0. The number of rotatable bonds is 4. The maximum absolute atomic E-state index is 10.9. The van der Waals surface area contributed by atoms with E-state index >= 15 is 0 Å². The maximum atomic E-state index is 10.9. The number of pyridine rings is 1. The number of hydrogen-bond donors (Lipinski definition) is 0. The van der Waals surface area contributed by atoms with Crippen LogP contribution in [0.15, 0.2) is 54.6 Å². The van der Waals surface area contributed by atoms with Crippen LogP contribution in [0.2, 0.25) is 0 Å². The monoisotopic (exact) mass is 384 g/mol. The molecule has 0 amide bonds. The van der Waals surface area contributed by atoms with Crippen molar-refractivity contribution in [3.8, 4) is 6.07 Å². The summed E-state index contributed by atoms with van der Waals surface area (Å²) in [6.07, 6.45) is 5.32. The summed E-state index contributed by atoms with van der Waals surface area (Å²) in [5.74, 6) is 0.887. The standard InChI is InChI=1S/C23H20N4O2/c24-16-20(17-8-10-21(11-9-17)27(28)29)15-19-14-18-6-2-3-7-22(18)25-23(19)26-12-4-1-5-13-26/h2-3,6-11,14-15H,1,4-5,12-13H2. The van der Waals surface area contributed by atoms with Crippen molar-refractivity contribution in [3.05, 3.63) is 75.8 Å². The molecule has 3 aromatic rings. The van der Waals surface area contributed by atoms with E-state index in [1.165, 1.54) is 18.6 Å². The van der Waals surface area contributed by atoms with Gasteiger partial charge in [0.2, 0.25) is 0 Å². The first-order chi connectivity index (χ1) is 14.2. The van der Waals surface area contributed by atoms with Crippen LogP contribution >= 0.6 is 0 Å². The Bertz CT molecular complexity index is 1120. The lowest BCUT2D eigenvalue weighted by Gasteiger charge is -2.29. The molecule has 1 fully saturated rings. The van der Waals surface area contributed by atoms with Crippen molar-refractivity contribution >= 4 is 34.1 Å². The first-order valence-corrected chi connectivity index (χ1v) is 9.67. The maximum Gasteiger partial charge on any atom is 0.269 e. The van der Waals surface area contributed by atoms with Crippen LogP contribution in [0.4, 0.5) is 11.5 Å². The molecule has 29 heavy (non-hydrogen) atoms. The molecular formula is C23H20N4O2. The molecule has 0 saturated carbocycles. The number of benzene rings is 2.